The molecule has 1 aromatic heterocycles. The predicted octanol–water partition coefficient (Wildman–Crippen LogP) is 3.05. The van der Waals surface area contributed by atoms with E-state index >= 15 is 0 Å². The van der Waals surface area contributed by atoms with Gasteiger partial charge in [0.1, 0.15) is 5.82 Å². The summed E-state index contributed by atoms with van der Waals surface area (Å²) in [6, 6.07) is 8.82. The van der Waals surface area contributed by atoms with Crippen molar-refractivity contribution >= 4 is 24.0 Å². The van der Waals surface area contributed by atoms with Crippen LogP contribution < -0.4 is 10.6 Å². The monoisotopic (exact) mass is 335 g/mol. The molecule has 0 aliphatic carbocycles. The van der Waals surface area contributed by atoms with Crippen LogP contribution in [0, 0.1) is 11.7 Å². The van der Waals surface area contributed by atoms with E-state index in [0.29, 0.717) is 17.2 Å². The standard InChI is InChI=1S/C17H18FN3O.ClH/c18-15-8-16(11-20-10-15)21-17(22)14-3-1-12(2-4-14)7-13-5-6-19-9-13;/h1-4,8,10-11,13,19H,5-7,9H2,(H,21,22);1H. The quantitative estimate of drug-likeness (QED) is 0.903. The van der Waals surface area contributed by atoms with Gasteiger partial charge in [-0.15, -0.1) is 12.4 Å². The molecule has 2 N–H and O–H groups in total. The third-order valence-corrected chi connectivity index (χ3v) is 3.87. The fraction of sp³-hybridized carbons (Fsp3) is 0.294. The van der Waals surface area contributed by atoms with Crippen molar-refractivity contribution in [1.29, 1.82) is 0 Å². The summed E-state index contributed by atoms with van der Waals surface area (Å²) < 4.78 is 13.0. The molecule has 2 heterocycles. The van der Waals surface area contributed by atoms with Crippen molar-refractivity contribution in [2.45, 2.75) is 12.8 Å². The van der Waals surface area contributed by atoms with Gasteiger partial charge in [0.15, 0.2) is 0 Å². The summed E-state index contributed by atoms with van der Waals surface area (Å²) in [7, 11) is 0. The van der Waals surface area contributed by atoms with Crippen molar-refractivity contribution in [2.75, 3.05) is 18.4 Å². The molecular weight excluding hydrogens is 317 g/mol. The van der Waals surface area contributed by atoms with E-state index in [4.69, 9.17) is 0 Å². The number of benzene rings is 1. The summed E-state index contributed by atoms with van der Waals surface area (Å²) in [6.45, 7) is 2.15. The Hall–Kier alpha value is -1.98. The minimum atomic E-state index is -0.474. The second kappa shape index (κ2) is 8.04. The zero-order chi connectivity index (χ0) is 15.4. The van der Waals surface area contributed by atoms with Gasteiger partial charge in [-0.2, -0.15) is 0 Å². The number of anilines is 1. The van der Waals surface area contributed by atoms with Crippen LogP contribution in [0.2, 0.25) is 0 Å². The van der Waals surface area contributed by atoms with Crippen molar-refractivity contribution < 1.29 is 9.18 Å². The highest BCUT2D eigenvalue weighted by molar-refractivity contribution is 6.04. The second-order valence-electron chi connectivity index (χ2n) is 5.61. The normalized spacial score (nSPS) is 16.7. The SMILES string of the molecule is Cl.O=C(Nc1cncc(F)c1)c1ccc(CC2CCNC2)cc1. The Balaban J connectivity index is 0.00000192. The number of nitrogens with zero attached hydrogens (tertiary/aromatic N) is 1. The van der Waals surface area contributed by atoms with Crippen molar-refractivity contribution in [3.8, 4) is 0 Å². The van der Waals surface area contributed by atoms with Gasteiger partial charge in [-0.3, -0.25) is 9.78 Å². The lowest BCUT2D eigenvalue weighted by molar-refractivity contribution is 0.102. The van der Waals surface area contributed by atoms with Gasteiger partial charge in [-0.1, -0.05) is 12.1 Å². The van der Waals surface area contributed by atoms with Crippen LogP contribution in [0.1, 0.15) is 22.3 Å². The fourth-order valence-electron chi connectivity index (χ4n) is 2.70. The molecule has 0 saturated carbocycles. The number of aromatic nitrogens is 1. The Kier molecular flexibility index (Phi) is 6.07. The number of halogens is 2. The first-order chi connectivity index (χ1) is 10.7. The summed E-state index contributed by atoms with van der Waals surface area (Å²) in [4.78, 5) is 15.8. The van der Waals surface area contributed by atoms with E-state index in [9.17, 15) is 9.18 Å². The van der Waals surface area contributed by atoms with E-state index in [1.165, 1.54) is 24.2 Å². The maximum atomic E-state index is 13.0. The lowest BCUT2D eigenvalue weighted by Gasteiger charge is -2.09. The molecule has 1 amide bonds. The summed E-state index contributed by atoms with van der Waals surface area (Å²) in [6.07, 6.45) is 4.75. The molecule has 0 radical (unpaired) electrons. The Morgan fingerprint density at radius 3 is 2.74 bits per heavy atom. The van der Waals surface area contributed by atoms with Crippen LogP contribution in [0.5, 0.6) is 0 Å². The average molecular weight is 336 g/mol. The molecule has 1 atom stereocenters. The molecular formula is C17H19ClFN3O. The Morgan fingerprint density at radius 1 is 1.30 bits per heavy atom. The Bertz CT molecular complexity index is 657. The first-order valence-corrected chi connectivity index (χ1v) is 7.42. The minimum absolute atomic E-state index is 0. The first kappa shape index (κ1) is 17.4. The zero-order valence-corrected chi connectivity index (χ0v) is 13.4. The number of nitrogens with one attached hydrogen (secondary N) is 2. The Morgan fingerprint density at radius 2 is 2.09 bits per heavy atom. The van der Waals surface area contributed by atoms with Crippen LogP contribution in [-0.4, -0.2) is 24.0 Å². The van der Waals surface area contributed by atoms with Gasteiger partial charge in [-0.25, -0.2) is 4.39 Å². The van der Waals surface area contributed by atoms with Gasteiger partial charge in [0, 0.05) is 11.6 Å². The molecule has 122 valence electrons. The lowest BCUT2D eigenvalue weighted by atomic mass is 9.98. The second-order valence-corrected chi connectivity index (χ2v) is 5.61. The number of pyridine rings is 1. The molecule has 1 aliphatic heterocycles. The van der Waals surface area contributed by atoms with Crippen LogP contribution >= 0.6 is 12.4 Å². The Labute approximate surface area is 140 Å². The van der Waals surface area contributed by atoms with E-state index in [-0.39, 0.29) is 18.3 Å². The molecule has 1 unspecified atom stereocenters. The highest BCUT2D eigenvalue weighted by Crippen LogP contribution is 2.16. The predicted molar refractivity (Wildman–Crippen MR) is 90.5 cm³/mol. The minimum Gasteiger partial charge on any atom is -0.320 e. The van der Waals surface area contributed by atoms with Gasteiger partial charge in [0.05, 0.1) is 18.1 Å². The molecule has 23 heavy (non-hydrogen) atoms. The van der Waals surface area contributed by atoms with E-state index in [0.717, 1.165) is 25.7 Å². The van der Waals surface area contributed by atoms with Crippen molar-refractivity contribution in [1.82, 2.24) is 10.3 Å². The van der Waals surface area contributed by atoms with Crippen LogP contribution in [0.25, 0.3) is 0 Å². The van der Waals surface area contributed by atoms with Crippen LogP contribution in [0.3, 0.4) is 0 Å². The summed E-state index contributed by atoms with van der Waals surface area (Å²) >= 11 is 0. The highest BCUT2D eigenvalue weighted by Gasteiger charge is 2.15. The van der Waals surface area contributed by atoms with Gasteiger partial charge in [-0.05, 0) is 49.5 Å². The van der Waals surface area contributed by atoms with Gasteiger partial charge >= 0.3 is 0 Å². The molecule has 4 nitrogen and oxygen atoms in total. The third-order valence-electron chi connectivity index (χ3n) is 3.87. The molecule has 3 rings (SSSR count). The molecule has 1 aliphatic rings. The van der Waals surface area contributed by atoms with Crippen molar-refractivity contribution in [2.24, 2.45) is 5.92 Å². The average Bonchev–Trinajstić information content (AvgIpc) is 3.01. The van der Waals surface area contributed by atoms with Crippen LogP contribution in [0.4, 0.5) is 10.1 Å². The largest absolute Gasteiger partial charge is 0.320 e. The fourth-order valence-corrected chi connectivity index (χ4v) is 2.70. The molecule has 2 aromatic rings. The summed E-state index contributed by atoms with van der Waals surface area (Å²) in [5.41, 5.74) is 2.14. The first-order valence-electron chi connectivity index (χ1n) is 7.42. The molecule has 0 spiro atoms. The topological polar surface area (TPSA) is 54.0 Å². The lowest BCUT2D eigenvalue weighted by Crippen LogP contribution is -2.13. The van der Waals surface area contributed by atoms with Gasteiger partial charge in [0.25, 0.3) is 5.91 Å². The number of amides is 1. The molecule has 0 bridgehead atoms. The van der Waals surface area contributed by atoms with E-state index in [1.54, 1.807) is 12.1 Å². The van der Waals surface area contributed by atoms with E-state index in [2.05, 4.69) is 15.6 Å². The van der Waals surface area contributed by atoms with Crippen molar-refractivity contribution in [3.05, 3.63) is 59.7 Å². The number of carbonyl (C=O) groups is 1. The third kappa shape index (κ3) is 4.74. The smallest absolute Gasteiger partial charge is 0.255 e. The maximum absolute atomic E-state index is 13.0. The number of hydrogen-bond acceptors (Lipinski definition) is 3. The molecule has 1 fully saturated rings. The van der Waals surface area contributed by atoms with Crippen molar-refractivity contribution in [3.63, 3.8) is 0 Å². The van der Waals surface area contributed by atoms with E-state index < -0.39 is 5.82 Å². The van der Waals surface area contributed by atoms with Crippen LogP contribution in [0.15, 0.2) is 42.7 Å². The summed E-state index contributed by atoms with van der Waals surface area (Å²) in [5, 5.41) is 5.99. The van der Waals surface area contributed by atoms with Crippen LogP contribution in [-0.2, 0) is 6.42 Å². The maximum Gasteiger partial charge on any atom is 0.255 e. The van der Waals surface area contributed by atoms with Gasteiger partial charge in [0.2, 0.25) is 0 Å². The van der Waals surface area contributed by atoms with Gasteiger partial charge < -0.3 is 10.6 Å². The summed E-state index contributed by atoms with van der Waals surface area (Å²) in [5.74, 6) is -0.0575. The van der Waals surface area contributed by atoms with E-state index in [1.807, 2.05) is 12.1 Å². The highest BCUT2D eigenvalue weighted by atomic mass is 35.5. The number of carbonyl (C=O) groups excluding carboxylic acids is 1. The molecule has 6 heteroatoms. The molecule has 1 aromatic carbocycles. The molecule has 1 saturated heterocycles. The number of hydrogen-bond donors (Lipinski definition) is 2. The number of rotatable bonds is 4. The zero-order valence-electron chi connectivity index (χ0n) is 12.6.